The molecule has 0 bridgehead atoms. The number of anilines is 2. The Labute approximate surface area is 175 Å². The molecule has 0 radical (unpaired) electrons. The van der Waals surface area contributed by atoms with Crippen molar-refractivity contribution in [3.8, 4) is 11.5 Å². The third kappa shape index (κ3) is 5.99. The number of carbonyl (C=O) groups is 2. The number of amides is 2. The Morgan fingerprint density at radius 3 is 2.00 bits per heavy atom. The fraction of sp³-hybridized carbons (Fsp3) is 0.0909. The zero-order chi connectivity index (χ0) is 22.4. The van der Waals surface area contributed by atoms with Crippen molar-refractivity contribution >= 4 is 23.2 Å². The Morgan fingerprint density at radius 2 is 1.39 bits per heavy atom. The molecule has 2 N–H and O–H groups in total. The van der Waals surface area contributed by atoms with E-state index in [4.69, 9.17) is 4.74 Å². The molecule has 3 aromatic carbocycles. The molecule has 160 valence electrons. The number of nitrogens with one attached hydrogen (secondary N) is 2. The lowest BCUT2D eigenvalue weighted by molar-refractivity contribution is -0.274. The van der Waals surface area contributed by atoms with E-state index >= 15 is 0 Å². The molecule has 0 unspecified atom stereocenters. The van der Waals surface area contributed by atoms with Gasteiger partial charge in [0.05, 0.1) is 18.4 Å². The van der Waals surface area contributed by atoms with Gasteiger partial charge in [-0.05, 0) is 60.7 Å². The molecule has 0 saturated heterocycles. The van der Waals surface area contributed by atoms with Crippen molar-refractivity contribution in [1.82, 2.24) is 0 Å². The first-order valence-corrected chi connectivity index (χ1v) is 8.97. The fourth-order valence-corrected chi connectivity index (χ4v) is 2.67. The van der Waals surface area contributed by atoms with Crippen molar-refractivity contribution in [2.45, 2.75) is 6.36 Å². The van der Waals surface area contributed by atoms with E-state index in [0.717, 1.165) is 12.1 Å². The maximum Gasteiger partial charge on any atom is 0.573 e. The lowest BCUT2D eigenvalue weighted by Crippen LogP contribution is -2.19. The van der Waals surface area contributed by atoms with Crippen LogP contribution in [0.3, 0.4) is 0 Å². The van der Waals surface area contributed by atoms with Gasteiger partial charge in [0.1, 0.15) is 11.5 Å². The summed E-state index contributed by atoms with van der Waals surface area (Å²) in [4.78, 5) is 25.2. The van der Waals surface area contributed by atoms with Gasteiger partial charge in [-0.15, -0.1) is 13.2 Å². The number of rotatable bonds is 6. The molecule has 6 nitrogen and oxygen atoms in total. The van der Waals surface area contributed by atoms with Gasteiger partial charge < -0.3 is 20.1 Å². The standard InChI is InChI=1S/C22H17F3N2O4/c1-30-16-12-8-15(9-13-16)26-21(29)18-4-2-3-5-19(18)27-20(28)14-6-10-17(11-7-14)31-22(23,24)25/h2-13H,1H3,(H,26,29)(H,27,28). The number of alkyl halides is 3. The van der Waals surface area contributed by atoms with E-state index in [2.05, 4.69) is 15.4 Å². The fourth-order valence-electron chi connectivity index (χ4n) is 2.67. The van der Waals surface area contributed by atoms with E-state index < -0.39 is 23.9 Å². The van der Waals surface area contributed by atoms with Crippen LogP contribution in [0.5, 0.6) is 11.5 Å². The van der Waals surface area contributed by atoms with Crippen molar-refractivity contribution in [3.05, 3.63) is 83.9 Å². The molecule has 9 heteroatoms. The summed E-state index contributed by atoms with van der Waals surface area (Å²) < 4.78 is 45.6. The Balaban J connectivity index is 1.72. The van der Waals surface area contributed by atoms with E-state index in [-0.39, 0.29) is 16.8 Å². The van der Waals surface area contributed by atoms with E-state index in [0.29, 0.717) is 11.4 Å². The second kappa shape index (κ2) is 9.21. The van der Waals surface area contributed by atoms with Crippen molar-refractivity contribution in [2.24, 2.45) is 0 Å². The van der Waals surface area contributed by atoms with Gasteiger partial charge in [0.25, 0.3) is 11.8 Å². The normalized spacial score (nSPS) is 10.8. The molecule has 0 aliphatic rings. The van der Waals surface area contributed by atoms with E-state index in [1.807, 2.05) is 0 Å². The number of carbonyl (C=O) groups excluding carboxylic acids is 2. The number of methoxy groups -OCH3 is 1. The summed E-state index contributed by atoms with van der Waals surface area (Å²) in [5.74, 6) is -0.848. The molecule has 0 saturated carbocycles. The third-order valence-corrected chi connectivity index (χ3v) is 4.12. The topological polar surface area (TPSA) is 76.7 Å². The minimum atomic E-state index is -4.82. The first-order valence-electron chi connectivity index (χ1n) is 8.97. The summed E-state index contributed by atoms with van der Waals surface area (Å²) in [6.45, 7) is 0. The van der Waals surface area contributed by atoms with E-state index in [1.165, 1.54) is 25.3 Å². The van der Waals surface area contributed by atoms with Gasteiger partial charge in [-0.2, -0.15) is 0 Å². The summed E-state index contributed by atoms with van der Waals surface area (Å²) in [6.07, 6.45) is -4.82. The molecule has 31 heavy (non-hydrogen) atoms. The Hall–Kier alpha value is -4.01. The number of halogens is 3. The molecule has 0 atom stereocenters. The number of ether oxygens (including phenoxy) is 2. The molecule has 0 aliphatic carbocycles. The monoisotopic (exact) mass is 430 g/mol. The van der Waals surface area contributed by atoms with Crippen LogP contribution in [0.4, 0.5) is 24.5 Å². The smallest absolute Gasteiger partial charge is 0.497 e. The minimum absolute atomic E-state index is 0.0971. The van der Waals surface area contributed by atoms with Crippen molar-refractivity contribution in [2.75, 3.05) is 17.7 Å². The molecule has 0 heterocycles. The predicted molar refractivity (Wildman–Crippen MR) is 108 cm³/mol. The van der Waals surface area contributed by atoms with Crippen LogP contribution in [-0.4, -0.2) is 25.3 Å². The van der Waals surface area contributed by atoms with Gasteiger partial charge in [0.15, 0.2) is 0 Å². The molecule has 0 aromatic heterocycles. The van der Waals surface area contributed by atoms with Crippen LogP contribution in [0.2, 0.25) is 0 Å². The van der Waals surface area contributed by atoms with Crippen molar-refractivity contribution < 1.29 is 32.2 Å². The van der Waals surface area contributed by atoms with Crippen molar-refractivity contribution in [3.63, 3.8) is 0 Å². The van der Waals surface area contributed by atoms with Crippen molar-refractivity contribution in [1.29, 1.82) is 0 Å². The zero-order valence-electron chi connectivity index (χ0n) is 16.2. The lowest BCUT2D eigenvalue weighted by Gasteiger charge is -2.12. The molecule has 0 aliphatic heterocycles. The highest BCUT2D eigenvalue weighted by Gasteiger charge is 2.31. The quantitative estimate of drug-likeness (QED) is 0.571. The number of para-hydroxylation sites is 1. The highest BCUT2D eigenvalue weighted by Crippen LogP contribution is 2.24. The molecular weight excluding hydrogens is 413 g/mol. The first-order chi connectivity index (χ1) is 14.7. The first kappa shape index (κ1) is 21.7. The molecule has 0 spiro atoms. The molecule has 0 fully saturated rings. The van der Waals surface area contributed by atoms with Gasteiger partial charge in [-0.25, -0.2) is 0 Å². The Bertz CT molecular complexity index is 1070. The summed E-state index contributed by atoms with van der Waals surface area (Å²) >= 11 is 0. The highest BCUT2D eigenvalue weighted by molar-refractivity contribution is 6.12. The zero-order valence-corrected chi connectivity index (χ0v) is 16.2. The van der Waals surface area contributed by atoms with Crippen LogP contribution in [0, 0.1) is 0 Å². The van der Waals surface area contributed by atoms with Crippen LogP contribution in [0.15, 0.2) is 72.8 Å². The molecule has 3 rings (SSSR count). The predicted octanol–water partition coefficient (Wildman–Crippen LogP) is 5.10. The Kier molecular flexibility index (Phi) is 6.44. The van der Waals surface area contributed by atoms with Gasteiger partial charge >= 0.3 is 6.36 Å². The number of hydrogen-bond donors (Lipinski definition) is 2. The highest BCUT2D eigenvalue weighted by atomic mass is 19.4. The number of benzene rings is 3. The second-order valence-electron chi connectivity index (χ2n) is 6.25. The second-order valence-corrected chi connectivity index (χ2v) is 6.25. The molecular formula is C22H17F3N2O4. The minimum Gasteiger partial charge on any atom is -0.497 e. The van der Waals surface area contributed by atoms with Crippen LogP contribution >= 0.6 is 0 Å². The number of hydrogen-bond acceptors (Lipinski definition) is 4. The van der Waals surface area contributed by atoms with E-state index in [9.17, 15) is 22.8 Å². The maximum atomic E-state index is 12.7. The van der Waals surface area contributed by atoms with Gasteiger partial charge in [-0.3, -0.25) is 9.59 Å². The summed E-state index contributed by atoms with van der Waals surface area (Å²) in [7, 11) is 1.53. The molecule has 2 amide bonds. The average molecular weight is 430 g/mol. The lowest BCUT2D eigenvalue weighted by atomic mass is 10.1. The van der Waals surface area contributed by atoms with E-state index in [1.54, 1.807) is 42.5 Å². The van der Waals surface area contributed by atoms with Gasteiger partial charge in [0, 0.05) is 11.3 Å². The van der Waals surface area contributed by atoms with Crippen LogP contribution in [0.25, 0.3) is 0 Å². The average Bonchev–Trinajstić information content (AvgIpc) is 2.74. The molecule has 3 aromatic rings. The van der Waals surface area contributed by atoms with Crippen LogP contribution in [0.1, 0.15) is 20.7 Å². The van der Waals surface area contributed by atoms with Gasteiger partial charge in [0.2, 0.25) is 0 Å². The maximum absolute atomic E-state index is 12.7. The Morgan fingerprint density at radius 1 is 0.774 bits per heavy atom. The van der Waals surface area contributed by atoms with Crippen LogP contribution < -0.4 is 20.1 Å². The third-order valence-electron chi connectivity index (χ3n) is 4.12. The SMILES string of the molecule is COc1ccc(NC(=O)c2ccccc2NC(=O)c2ccc(OC(F)(F)F)cc2)cc1. The summed E-state index contributed by atoms with van der Waals surface area (Å²) in [5, 5.41) is 5.32. The summed E-state index contributed by atoms with van der Waals surface area (Å²) in [5.41, 5.74) is 1.09. The largest absolute Gasteiger partial charge is 0.573 e. The van der Waals surface area contributed by atoms with Crippen LogP contribution in [-0.2, 0) is 0 Å². The van der Waals surface area contributed by atoms with Gasteiger partial charge in [-0.1, -0.05) is 12.1 Å². The summed E-state index contributed by atoms with van der Waals surface area (Å²) in [6, 6.07) is 17.5.